The van der Waals surface area contributed by atoms with E-state index in [0.29, 0.717) is 30.0 Å². The summed E-state index contributed by atoms with van der Waals surface area (Å²) in [7, 11) is -2.25. The number of unbranched alkanes of at least 4 members (excludes halogenated alkanes) is 2. The number of sulfonamides is 1. The summed E-state index contributed by atoms with van der Waals surface area (Å²) < 4.78 is 65.9. The van der Waals surface area contributed by atoms with Gasteiger partial charge in [0.1, 0.15) is 17.4 Å². The normalized spacial score (nSPS) is 12.0. The van der Waals surface area contributed by atoms with Gasteiger partial charge in [0.25, 0.3) is 0 Å². The molecule has 0 aliphatic heterocycles. The van der Waals surface area contributed by atoms with Crippen LogP contribution in [0.25, 0.3) is 11.3 Å². The first kappa shape index (κ1) is 33.0. The number of nitriles is 1. The van der Waals surface area contributed by atoms with E-state index in [4.69, 9.17) is 19.9 Å². The molecule has 0 aliphatic rings. The molecule has 220 valence electrons. The lowest BCUT2D eigenvalue weighted by atomic mass is 10.1. The van der Waals surface area contributed by atoms with Gasteiger partial charge in [0, 0.05) is 12.0 Å². The first-order chi connectivity index (χ1) is 19.3. The Morgan fingerprint density at radius 2 is 1.80 bits per heavy atom. The number of carboxylic acids is 1. The SMILES string of the molecule is COc1cccc(-c2cnc([C@H](CCCCCC(C)=O)NS(=O)(=O)c3ccc(C#N)cc3)[nH]2)c1.O=C(O)C(F)(F)F. The third kappa shape index (κ3) is 10.7. The number of aliphatic carboxylic acids is 1. The number of Topliss-reactive ketones (excluding diaryl/α,β-unsaturated/α-hetero) is 1. The topological polar surface area (TPSA) is 162 Å². The summed E-state index contributed by atoms with van der Waals surface area (Å²) in [6.07, 6.45) is -0.0947. The predicted molar refractivity (Wildman–Crippen MR) is 142 cm³/mol. The minimum atomic E-state index is -5.08. The zero-order valence-corrected chi connectivity index (χ0v) is 23.1. The highest BCUT2D eigenvalue weighted by Crippen LogP contribution is 2.26. The van der Waals surface area contributed by atoms with Gasteiger partial charge in [-0.3, -0.25) is 0 Å². The number of rotatable bonds is 12. The summed E-state index contributed by atoms with van der Waals surface area (Å²) in [5.41, 5.74) is 2.00. The number of aromatic amines is 1. The molecule has 1 atom stereocenters. The van der Waals surface area contributed by atoms with Gasteiger partial charge >= 0.3 is 12.1 Å². The summed E-state index contributed by atoms with van der Waals surface area (Å²) in [6, 6.07) is 14.7. The summed E-state index contributed by atoms with van der Waals surface area (Å²) in [5, 5.41) is 16.1. The lowest BCUT2D eigenvalue weighted by molar-refractivity contribution is -0.192. The van der Waals surface area contributed by atoms with Crippen molar-refractivity contribution in [2.75, 3.05) is 7.11 Å². The minimum Gasteiger partial charge on any atom is -0.497 e. The molecule has 0 unspecified atom stereocenters. The molecule has 3 rings (SSSR count). The van der Waals surface area contributed by atoms with Crippen molar-refractivity contribution in [3.8, 4) is 23.1 Å². The molecule has 0 fully saturated rings. The maximum atomic E-state index is 13.1. The molecule has 0 aliphatic carbocycles. The number of nitrogens with zero attached hydrogens (tertiary/aromatic N) is 2. The maximum absolute atomic E-state index is 13.1. The van der Waals surface area contributed by atoms with Crippen LogP contribution in [0.2, 0.25) is 0 Å². The van der Waals surface area contributed by atoms with E-state index in [1.807, 2.05) is 30.3 Å². The number of imidazole rings is 1. The van der Waals surface area contributed by atoms with Crippen LogP contribution >= 0.6 is 0 Å². The number of carbonyl (C=O) groups excluding carboxylic acids is 1. The van der Waals surface area contributed by atoms with Gasteiger partial charge in [-0.1, -0.05) is 25.0 Å². The van der Waals surface area contributed by atoms with Gasteiger partial charge in [0.05, 0.1) is 41.6 Å². The number of halogens is 3. The van der Waals surface area contributed by atoms with Crippen LogP contribution in [0.3, 0.4) is 0 Å². The van der Waals surface area contributed by atoms with Gasteiger partial charge in [-0.05, 0) is 56.2 Å². The van der Waals surface area contributed by atoms with Crippen molar-refractivity contribution in [2.45, 2.75) is 56.1 Å². The van der Waals surface area contributed by atoms with E-state index in [-0.39, 0.29) is 10.7 Å². The predicted octanol–water partition coefficient (Wildman–Crippen LogP) is 5.15. The molecular formula is C27H29F3N4O6S. The number of ketones is 1. The third-order valence-electron chi connectivity index (χ3n) is 5.66. The highest BCUT2D eigenvalue weighted by Gasteiger charge is 2.38. The summed E-state index contributed by atoms with van der Waals surface area (Å²) in [6.45, 7) is 1.57. The Bertz CT molecular complexity index is 1470. The van der Waals surface area contributed by atoms with E-state index in [0.717, 1.165) is 30.5 Å². The minimum absolute atomic E-state index is 0.0765. The van der Waals surface area contributed by atoms with E-state index in [1.165, 1.54) is 24.3 Å². The number of hydrogen-bond acceptors (Lipinski definition) is 7. The molecule has 0 saturated heterocycles. The maximum Gasteiger partial charge on any atom is 0.490 e. The van der Waals surface area contributed by atoms with Crippen molar-refractivity contribution < 1.29 is 41.0 Å². The fourth-order valence-electron chi connectivity index (χ4n) is 3.57. The van der Waals surface area contributed by atoms with Crippen LogP contribution in [-0.2, 0) is 19.6 Å². The number of carbonyl (C=O) groups is 2. The highest BCUT2D eigenvalue weighted by molar-refractivity contribution is 7.89. The van der Waals surface area contributed by atoms with E-state index in [9.17, 15) is 26.4 Å². The van der Waals surface area contributed by atoms with Gasteiger partial charge in [-0.15, -0.1) is 0 Å². The molecule has 41 heavy (non-hydrogen) atoms. The van der Waals surface area contributed by atoms with Crippen LogP contribution in [0, 0.1) is 11.3 Å². The molecule has 3 N–H and O–H groups in total. The first-order valence-electron chi connectivity index (χ1n) is 12.3. The number of alkyl halides is 3. The Hall–Kier alpha value is -4.22. The van der Waals surface area contributed by atoms with Gasteiger partial charge in [0.15, 0.2) is 0 Å². The van der Waals surface area contributed by atoms with Crippen LogP contribution in [0.4, 0.5) is 13.2 Å². The second kappa shape index (κ2) is 15.0. The van der Waals surface area contributed by atoms with Crippen molar-refractivity contribution in [1.82, 2.24) is 14.7 Å². The van der Waals surface area contributed by atoms with E-state index >= 15 is 0 Å². The van der Waals surface area contributed by atoms with Crippen LogP contribution < -0.4 is 9.46 Å². The molecule has 0 bridgehead atoms. The van der Waals surface area contributed by atoms with Gasteiger partial charge in [-0.2, -0.15) is 18.4 Å². The van der Waals surface area contributed by atoms with Crippen molar-refractivity contribution >= 4 is 21.8 Å². The molecule has 10 nitrogen and oxygen atoms in total. The Morgan fingerprint density at radius 3 is 2.37 bits per heavy atom. The first-order valence-corrected chi connectivity index (χ1v) is 13.8. The van der Waals surface area contributed by atoms with E-state index in [1.54, 1.807) is 20.2 Å². The molecule has 1 heterocycles. The number of aromatic nitrogens is 2. The molecular weight excluding hydrogens is 565 g/mol. The number of ether oxygens (including phenoxy) is 1. The smallest absolute Gasteiger partial charge is 0.490 e. The number of carboxylic acid groups (broad SMARTS) is 1. The molecule has 0 spiro atoms. The average molecular weight is 595 g/mol. The zero-order valence-electron chi connectivity index (χ0n) is 22.2. The van der Waals surface area contributed by atoms with Crippen molar-refractivity contribution in [3.63, 3.8) is 0 Å². The number of H-pyrrole nitrogens is 1. The Kier molecular flexibility index (Phi) is 12.0. The second-order valence-corrected chi connectivity index (χ2v) is 10.5. The van der Waals surface area contributed by atoms with Crippen LogP contribution in [0.15, 0.2) is 59.6 Å². The fraction of sp³-hybridized carbons (Fsp3) is 0.333. The number of nitrogens with one attached hydrogen (secondary N) is 2. The Morgan fingerprint density at radius 1 is 1.15 bits per heavy atom. The van der Waals surface area contributed by atoms with Crippen molar-refractivity contribution in [1.29, 1.82) is 5.26 Å². The molecule has 0 amide bonds. The monoisotopic (exact) mass is 594 g/mol. The lowest BCUT2D eigenvalue weighted by Gasteiger charge is -2.17. The van der Waals surface area contributed by atoms with E-state index < -0.39 is 28.2 Å². The summed E-state index contributed by atoms with van der Waals surface area (Å²) in [4.78, 5) is 27.9. The van der Waals surface area contributed by atoms with Crippen LogP contribution in [0.5, 0.6) is 5.75 Å². The lowest BCUT2D eigenvalue weighted by Crippen LogP contribution is -2.29. The molecule has 0 saturated carbocycles. The Labute approximate surface area is 235 Å². The van der Waals surface area contributed by atoms with Crippen molar-refractivity contribution in [3.05, 3.63) is 66.1 Å². The highest BCUT2D eigenvalue weighted by atomic mass is 32.2. The van der Waals surface area contributed by atoms with Gasteiger partial charge in [-0.25, -0.2) is 22.9 Å². The Balaban J connectivity index is 0.000000745. The second-order valence-electron chi connectivity index (χ2n) is 8.83. The van der Waals surface area contributed by atoms with Gasteiger partial charge < -0.3 is 19.6 Å². The third-order valence-corrected chi connectivity index (χ3v) is 7.15. The average Bonchev–Trinajstić information content (AvgIpc) is 3.42. The summed E-state index contributed by atoms with van der Waals surface area (Å²) >= 11 is 0. The standard InChI is InChI=1S/C25H28N4O4S.C2HF3O2/c1-18(30)7-4-3-5-10-23(29-34(31,32)22-13-11-19(16-26)12-14-22)25-27-17-24(28-25)20-8-6-9-21(15-20)33-2;3-2(4,5)1(6)7/h6,8-9,11-15,17,23,29H,3-5,7,10H2,1-2H3,(H,27,28);(H,6,7)/t23-;/m0./s1. The van der Waals surface area contributed by atoms with Crippen LogP contribution in [0.1, 0.15) is 56.5 Å². The molecule has 3 aromatic rings. The number of benzene rings is 2. The molecule has 0 radical (unpaired) electrons. The largest absolute Gasteiger partial charge is 0.497 e. The quantitative estimate of drug-likeness (QED) is 0.243. The van der Waals surface area contributed by atoms with Crippen LogP contribution in [-0.4, -0.2) is 48.5 Å². The molecule has 2 aromatic carbocycles. The zero-order chi connectivity index (χ0) is 30.6. The van der Waals surface area contributed by atoms with Crippen molar-refractivity contribution in [2.24, 2.45) is 0 Å². The molecule has 1 aromatic heterocycles. The van der Waals surface area contributed by atoms with E-state index in [2.05, 4.69) is 14.7 Å². The number of methoxy groups -OCH3 is 1. The molecule has 14 heteroatoms. The fourth-order valence-corrected chi connectivity index (χ4v) is 4.80. The van der Waals surface area contributed by atoms with Gasteiger partial charge in [0.2, 0.25) is 10.0 Å². The number of hydrogen-bond donors (Lipinski definition) is 3. The summed E-state index contributed by atoms with van der Waals surface area (Å²) in [5.74, 6) is -1.40.